The van der Waals surface area contributed by atoms with Gasteiger partial charge < -0.3 is 20.6 Å². The molecule has 0 saturated heterocycles. The maximum absolute atomic E-state index is 12.5. The molecule has 4 N–H and O–H groups in total. The Morgan fingerprint density at radius 1 is 0.343 bits per heavy atom. The lowest BCUT2D eigenvalue weighted by atomic mass is 10.0. The molecule has 0 rings (SSSR count). The van der Waals surface area contributed by atoms with Crippen molar-refractivity contribution in [1.29, 1.82) is 0 Å². The van der Waals surface area contributed by atoms with E-state index in [1.54, 1.807) is 0 Å². The second-order valence-electron chi connectivity index (χ2n) is 22.3. The van der Waals surface area contributed by atoms with Crippen LogP contribution in [-0.2, 0) is 4.79 Å². The van der Waals surface area contributed by atoms with Crippen molar-refractivity contribution in [1.82, 2.24) is 5.32 Å². The lowest BCUT2D eigenvalue weighted by Crippen LogP contribution is -2.50. The van der Waals surface area contributed by atoms with Crippen molar-refractivity contribution >= 4 is 5.91 Å². The summed E-state index contributed by atoms with van der Waals surface area (Å²) in [6.07, 6.45) is 78.1. The van der Waals surface area contributed by atoms with Crippen molar-refractivity contribution < 1.29 is 20.1 Å². The van der Waals surface area contributed by atoms with Gasteiger partial charge in [-0.3, -0.25) is 4.79 Å². The number of rotatable bonds is 60. The molecule has 0 aromatic rings. The third kappa shape index (κ3) is 54.6. The maximum atomic E-state index is 12.5. The van der Waals surface area contributed by atoms with Gasteiger partial charge >= 0.3 is 0 Å². The molecule has 3 unspecified atom stereocenters. The average molecular weight is 987 g/mol. The van der Waals surface area contributed by atoms with E-state index in [1.165, 1.54) is 289 Å². The molecule has 0 fully saturated rings. The summed E-state index contributed by atoms with van der Waals surface area (Å²) in [5, 5.41) is 33.8. The summed E-state index contributed by atoms with van der Waals surface area (Å²) >= 11 is 0. The maximum Gasteiger partial charge on any atom is 0.220 e. The van der Waals surface area contributed by atoms with E-state index < -0.39 is 18.2 Å². The Morgan fingerprint density at radius 3 is 0.871 bits per heavy atom. The number of hydrogen-bond acceptors (Lipinski definition) is 4. The third-order valence-electron chi connectivity index (χ3n) is 15.3. The first-order valence-corrected chi connectivity index (χ1v) is 32.1. The Hall–Kier alpha value is -1.17. The number of carbonyl (C=O) groups is 1. The van der Waals surface area contributed by atoms with Gasteiger partial charge in [0.2, 0.25) is 5.91 Å². The number of amides is 1. The van der Waals surface area contributed by atoms with Crippen molar-refractivity contribution in [3.05, 3.63) is 24.3 Å². The lowest BCUT2D eigenvalue weighted by molar-refractivity contribution is -0.124. The van der Waals surface area contributed by atoms with Crippen molar-refractivity contribution in [2.24, 2.45) is 0 Å². The third-order valence-corrected chi connectivity index (χ3v) is 15.3. The van der Waals surface area contributed by atoms with Gasteiger partial charge in [0.05, 0.1) is 18.8 Å². The number of nitrogens with one attached hydrogen (secondary N) is 1. The largest absolute Gasteiger partial charge is 0.394 e. The minimum absolute atomic E-state index is 0.150. The van der Waals surface area contributed by atoms with E-state index in [1.807, 2.05) is 0 Å². The van der Waals surface area contributed by atoms with Crippen LogP contribution in [0.5, 0.6) is 0 Å². The average Bonchev–Trinajstić information content (AvgIpc) is 3.36. The second kappa shape index (κ2) is 60.4. The highest BCUT2D eigenvalue weighted by molar-refractivity contribution is 5.76. The van der Waals surface area contributed by atoms with E-state index >= 15 is 0 Å². The molecule has 0 aliphatic rings. The van der Waals surface area contributed by atoms with E-state index in [2.05, 4.69) is 43.5 Å². The van der Waals surface area contributed by atoms with Gasteiger partial charge in [-0.05, 0) is 51.4 Å². The summed E-state index contributed by atoms with van der Waals surface area (Å²) in [5.41, 5.74) is 0. The summed E-state index contributed by atoms with van der Waals surface area (Å²) in [4.78, 5) is 12.5. The summed E-state index contributed by atoms with van der Waals surface area (Å²) in [6, 6.07) is -0.831. The molecule has 0 spiro atoms. The van der Waals surface area contributed by atoms with Gasteiger partial charge in [0.15, 0.2) is 0 Å². The fraction of sp³-hybridized carbons (Fsp3) is 0.923. The summed E-state index contributed by atoms with van der Waals surface area (Å²) < 4.78 is 0. The number of aliphatic hydroxyl groups excluding tert-OH is 3. The molecule has 416 valence electrons. The molecule has 0 aromatic heterocycles. The van der Waals surface area contributed by atoms with E-state index in [4.69, 9.17) is 0 Å². The fourth-order valence-electron chi connectivity index (χ4n) is 10.4. The Kier molecular flexibility index (Phi) is 59.4. The van der Waals surface area contributed by atoms with Gasteiger partial charge in [0.25, 0.3) is 0 Å². The molecule has 1 amide bonds. The second-order valence-corrected chi connectivity index (χ2v) is 22.3. The zero-order valence-corrected chi connectivity index (χ0v) is 47.7. The molecule has 0 radical (unpaired) electrons. The predicted octanol–water partition coefficient (Wildman–Crippen LogP) is 20.4. The molecule has 5 nitrogen and oxygen atoms in total. The van der Waals surface area contributed by atoms with Crippen molar-refractivity contribution in [2.75, 3.05) is 6.61 Å². The lowest BCUT2D eigenvalue weighted by Gasteiger charge is -2.26. The molecule has 0 saturated carbocycles. The summed E-state index contributed by atoms with van der Waals surface area (Å²) in [7, 11) is 0. The Labute approximate surface area is 439 Å². The molecule has 0 bridgehead atoms. The number of allylic oxidation sites excluding steroid dienone is 4. The number of hydrogen-bond donors (Lipinski definition) is 4. The van der Waals surface area contributed by atoms with Crippen LogP contribution in [0.1, 0.15) is 361 Å². The minimum Gasteiger partial charge on any atom is -0.394 e. The van der Waals surface area contributed by atoms with Gasteiger partial charge in [0.1, 0.15) is 6.10 Å². The van der Waals surface area contributed by atoms with Crippen LogP contribution < -0.4 is 5.32 Å². The van der Waals surface area contributed by atoms with Gasteiger partial charge in [0, 0.05) is 6.42 Å². The van der Waals surface area contributed by atoms with Crippen LogP contribution >= 0.6 is 0 Å². The van der Waals surface area contributed by atoms with Gasteiger partial charge in [-0.1, -0.05) is 327 Å². The quantitative estimate of drug-likeness (QED) is 0.0361. The summed E-state index contributed by atoms with van der Waals surface area (Å²) in [5.74, 6) is -0.150. The molecule has 0 aliphatic carbocycles. The van der Waals surface area contributed by atoms with Gasteiger partial charge in [-0.25, -0.2) is 0 Å². The van der Waals surface area contributed by atoms with Crippen LogP contribution in [0.15, 0.2) is 24.3 Å². The normalized spacial score (nSPS) is 13.3. The van der Waals surface area contributed by atoms with E-state index in [9.17, 15) is 20.1 Å². The predicted molar refractivity (Wildman–Crippen MR) is 310 cm³/mol. The van der Waals surface area contributed by atoms with Crippen LogP contribution in [0.4, 0.5) is 0 Å². The standard InChI is InChI=1S/C65H127NO4/c1-3-5-7-9-11-13-15-17-19-21-23-25-27-29-30-31-32-33-34-35-36-38-40-42-44-46-48-50-52-54-56-58-60-64(69)66-62(61-67)65(70)63(68)59-57-55-53-51-49-47-45-43-41-39-37-28-26-24-22-20-18-16-14-12-10-8-6-4-2/h43,45,51,53,62-63,65,67-68,70H,3-42,44,46-50,52,54-61H2,1-2H3,(H,66,69)/b45-43+,53-51+. The number of unbranched alkanes of at least 4 members (excludes halogenated alkanes) is 48. The molecular weight excluding hydrogens is 859 g/mol. The minimum atomic E-state index is -1.17. The first-order chi connectivity index (χ1) is 34.6. The van der Waals surface area contributed by atoms with Crippen molar-refractivity contribution in [3.63, 3.8) is 0 Å². The topological polar surface area (TPSA) is 89.8 Å². The monoisotopic (exact) mass is 986 g/mol. The van der Waals surface area contributed by atoms with Crippen LogP contribution in [0.2, 0.25) is 0 Å². The van der Waals surface area contributed by atoms with E-state index in [0.717, 1.165) is 44.9 Å². The van der Waals surface area contributed by atoms with Crippen LogP contribution in [0.3, 0.4) is 0 Å². The first kappa shape index (κ1) is 68.8. The fourth-order valence-corrected chi connectivity index (χ4v) is 10.4. The SMILES string of the molecule is CCCCCCCCCCCCCCCCC/C=C/CC/C=C/CCCC(O)C(O)C(CO)NC(=O)CCCCCCCCCCCCCCCCCCCCCCCCCCCCCCCCCC. The highest BCUT2D eigenvalue weighted by Crippen LogP contribution is 2.19. The molecule has 0 heterocycles. The van der Waals surface area contributed by atoms with Gasteiger partial charge in [-0.2, -0.15) is 0 Å². The highest BCUT2D eigenvalue weighted by Gasteiger charge is 2.26. The van der Waals surface area contributed by atoms with Crippen LogP contribution in [0.25, 0.3) is 0 Å². The van der Waals surface area contributed by atoms with E-state index in [-0.39, 0.29) is 12.5 Å². The molecule has 3 atom stereocenters. The Balaban J connectivity index is 3.51. The van der Waals surface area contributed by atoms with Crippen molar-refractivity contribution in [2.45, 2.75) is 379 Å². The van der Waals surface area contributed by atoms with Gasteiger partial charge in [-0.15, -0.1) is 0 Å². The zero-order valence-electron chi connectivity index (χ0n) is 47.7. The first-order valence-electron chi connectivity index (χ1n) is 32.1. The molecule has 0 aromatic carbocycles. The van der Waals surface area contributed by atoms with Crippen LogP contribution in [0, 0.1) is 0 Å². The Morgan fingerprint density at radius 2 is 0.586 bits per heavy atom. The van der Waals surface area contributed by atoms with Crippen LogP contribution in [-0.4, -0.2) is 46.1 Å². The highest BCUT2D eigenvalue weighted by atomic mass is 16.3. The van der Waals surface area contributed by atoms with E-state index in [0.29, 0.717) is 12.8 Å². The number of carbonyl (C=O) groups excluding carboxylic acids is 1. The molecule has 0 aliphatic heterocycles. The Bertz CT molecular complexity index is 1040. The molecule has 5 heteroatoms. The molecule has 70 heavy (non-hydrogen) atoms. The summed E-state index contributed by atoms with van der Waals surface area (Å²) in [6.45, 7) is 4.21. The smallest absolute Gasteiger partial charge is 0.220 e. The molecular formula is C65H127NO4. The zero-order chi connectivity index (χ0) is 50.7. The van der Waals surface area contributed by atoms with Crippen molar-refractivity contribution in [3.8, 4) is 0 Å². The number of aliphatic hydroxyl groups is 3.